The second-order valence-corrected chi connectivity index (χ2v) is 8.09. The van der Waals surface area contributed by atoms with E-state index in [9.17, 15) is 19.7 Å². The van der Waals surface area contributed by atoms with Gasteiger partial charge in [0.2, 0.25) is 0 Å². The van der Waals surface area contributed by atoms with E-state index >= 15 is 0 Å². The Hall–Kier alpha value is -2.74. The lowest BCUT2D eigenvalue weighted by molar-refractivity contribution is -0.384. The molecule has 0 radical (unpaired) electrons. The summed E-state index contributed by atoms with van der Waals surface area (Å²) in [4.78, 5) is 36.5. The highest BCUT2D eigenvalue weighted by Gasteiger charge is 2.51. The van der Waals surface area contributed by atoms with Crippen LogP contribution in [0.15, 0.2) is 36.4 Å². The third-order valence-corrected chi connectivity index (χ3v) is 5.11. The third kappa shape index (κ3) is 4.82. The van der Waals surface area contributed by atoms with Crippen LogP contribution >= 0.6 is 0 Å². The van der Waals surface area contributed by atoms with Crippen LogP contribution in [-0.2, 0) is 14.3 Å². The molecule has 0 aromatic heterocycles. The van der Waals surface area contributed by atoms with Gasteiger partial charge in [-0.1, -0.05) is 26.8 Å². The lowest BCUT2D eigenvalue weighted by atomic mass is 9.89. The summed E-state index contributed by atoms with van der Waals surface area (Å²) in [6, 6.07) is 5.73. The number of amides is 2. The summed E-state index contributed by atoms with van der Waals surface area (Å²) < 4.78 is 10.9. The topological polar surface area (TPSA) is 99.0 Å². The number of nitro benzene ring substituents is 1. The molecule has 0 bridgehead atoms. The molecule has 0 aliphatic carbocycles. The second-order valence-electron chi connectivity index (χ2n) is 8.09. The van der Waals surface area contributed by atoms with E-state index < -0.39 is 28.6 Å². The number of ether oxygens (including phenoxy) is 2. The van der Waals surface area contributed by atoms with Crippen LogP contribution in [0.1, 0.15) is 46.3 Å². The highest BCUT2D eigenvalue weighted by atomic mass is 16.6. The summed E-state index contributed by atoms with van der Waals surface area (Å²) in [5.74, 6) is -0.614. The van der Waals surface area contributed by atoms with Gasteiger partial charge in [0, 0.05) is 31.2 Å². The minimum Gasteiger partial charge on any atom is -0.441 e. The van der Waals surface area contributed by atoms with Gasteiger partial charge >= 0.3 is 6.09 Å². The van der Waals surface area contributed by atoms with Crippen molar-refractivity contribution < 1.29 is 24.0 Å². The lowest BCUT2D eigenvalue weighted by Crippen LogP contribution is -2.47. The fraction of sp³-hybridized carbons (Fsp3) is 0.524. The molecule has 0 N–H and O–H groups in total. The quantitative estimate of drug-likeness (QED) is 0.383. The number of cyclic esters (lactones) is 1. The normalized spacial score (nSPS) is 20.7. The molecule has 3 atom stereocenters. The van der Waals surface area contributed by atoms with E-state index in [2.05, 4.69) is 0 Å². The van der Waals surface area contributed by atoms with Gasteiger partial charge in [-0.05, 0) is 37.5 Å². The van der Waals surface area contributed by atoms with Crippen molar-refractivity contribution in [3.63, 3.8) is 0 Å². The van der Waals surface area contributed by atoms with Gasteiger partial charge in [-0.15, -0.1) is 0 Å². The van der Waals surface area contributed by atoms with Crippen molar-refractivity contribution in [1.29, 1.82) is 0 Å². The molecule has 1 heterocycles. The summed E-state index contributed by atoms with van der Waals surface area (Å²) >= 11 is 0. The molecule has 29 heavy (non-hydrogen) atoms. The van der Waals surface area contributed by atoms with Crippen molar-refractivity contribution in [2.75, 3.05) is 7.11 Å². The Morgan fingerprint density at radius 1 is 1.28 bits per heavy atom. The maximum Gasteiger partial charge on any atom is 0.417 e. The lowest BCUT2D eigenvalue weighted by Gasteiger charge is -2.30. The first-order valence-electron chi connectivity index (χ1n) is 9.51. The average Bonchev–Trinajstić information content (AvgIpc) is 2.89. The van der Waals surface area contributed by atoms with Gasteiger partial charge in [-0.3, -0.25) is 14.9 Å². The van der Waals surface area contributed by atoms with Crippen LogP contribution in [0.2, 0.25) is 0 Å². The van der Waals surface area contributed by atoms with Crippen LogP contribution < -0.4 is 0 Å². The van der Waals surface area contributed by atoms with Gasteiger partial charge in [0.1, 0.15) is 5.60 Å². The number of hydrogen-bond donors (Lipinski definition) is 0. The van der Waals surface area contributed by atoms with Gasteiger partial charge in [0.15, 0.2) is 0 Å². The molecule has 1 aliphatic heterocycles. The number of methoxy groups -OCH3 is 1. The molecule has 1 aromatic carbocycles. The van der Waals surface area contributed by atoms with Crippen molar-refractivity contribution in [1.82, 2.24) is 4.90 Å². The zero-order chi connectivity index (χ0) is 21.9. The number of carbonyl (C=O) groups excluding carboxylic acids is 2. The molecule has 1 fully saturated rings. The molecule has 8 heteroatoms. The summed E-state index contributed by atoms with van der Waals surface area (Å²) in [5, 5.41) is 10.8. The van der Waals surface area contributed by atoms with E-state index in [4.69, 9.17) is 9.47 Å². The number of imide groups is 1. The average molecular weight is 404 g/mol. The van der Waals surface area contributed by atoms with E-state index in [1.165, 1.54) is 30.2 Å². The van der Waals surface area contributed by atoms with Crippen LogP contribution in [0.4, 0.5) is 10.5 Å². The van der Waals surface area contributed by atoms with Gasteiger partial charge in [0.25, 0.3) is 11.6 Å². The van der Waals surface area contributed by atoms with Crippen molar-refractivity contribution >= 4 is 17.7 Å². The standard InChI is InChI=1S/C21H28N2O6/c1-13(2)19-21(4,5)29-20(25)22(19)17(24)12-7-14(3)18(28-6)15-8-10-16(11-9-15)23(26)27/h7-14,18-19H,1-6H3/b12-7+/t14-,18+,19-/m0/s1. The second kappa shape index (κ2) is 8.73. The Labute approximate surface area is 170 Å². The van der Waals surface area contributed by atoms with E-state index in [-0.39, 0.29) is 23.6 Å². The Morgan fingerprint density at radius 3 is 2.34 bits per heavy atom. The van der Waals surface area contributed by atoms with E-state index in [1.807, 2.05) is 20.8 Å². The summed E-state index contributed by atoms with van der Waals surface area (Å²) in [6.07, 6.45) is 1.99. The SMILES string of the molecule is CO[C@@H](c1ccc([N+](=O)[O-])cc1)[C@@H](C)/C=C/C(=O)N1C(=O)OC(C)(C)[C@@H]1C(C)C. The molecule has 158 valence electrons. The number of nitrogens with zero attached hydrogens (tertiary/aromatic N) is 2. The fourth-order valence-corrected chi connectivity index (χ4v) is 3.94. The Bertz CT molecular complexity index is 800. The molecule has 1 aliphatic rings. The Kier molecular flexibility index (Phi) is 6.79. The fourth-order valence-electron chi connectivity index (χ4n) is 3.94. The van der Waals surface area contributed by atoms with Crippen molar-refractivity contribution in [3.05, 3.63) is 52.1 Å². The van der Waals surface area contributed by atoms with Crippen molar-refractivity contribution in [2.24, 2.45) is 11.8 Å². The van der Waals surface area contributed by atoms with Crippen molar-refractivity contribution in [2.45, 2.75) is 52.4 Å². The maximum atomic E-state index is 12.8. The Balaban J connectivity index is 2.17. The third-order valence-electron chi connectivity index (χ3n) is 5.11. The molecule has 0 saturated carbocycles. The first-order valence-corrected chi connectivity index (χ1v) is 9.51. The predicted molar refractivity (Wildman–Crippen MR) is 107 cm³/mol. The first-order chi connectivity index (χ1) is 13.5. The van der Waals surface area contributed by atoms with Crippen LogP contribution in [-0.4, -0.2) is 40.6 Å². The summed E-state index contributed by atoms with van der Waals surface area (Å²) in [6.45, 7) is 9.34. The minimum atomic E-state index is -0.756. The molecular formula is C21H28N2O6. The molecular weight excluding hydrogens is 376 g/mol. The number of nitro groups is 1. The zero-order valence-corrected chi connectivity index (χ0v) is 17.6. The summed E-state index contributed by atoms with van der Waals surface area (Å²) in [5.41, 5.74) is -0.00453. The van der Waals surface area contributed by atoms with E-state index in [0.29, 0.717) is 0 Å². The molecule has 8 nitrogen and oxygen atoms in total. The number of benzene rings is 1. The molecule has 1 saturated heterocycles. The molecule has 2 rings (SSSR count). The smallest absolute Gasteiger partial charge is 0.417 e. The van der Waals surface area contributed by atoms with Gasteiger partial charge in [-0.25, -0.2) is 9.69 Å². The monoisotopic (exact) mass is 404 g/mol. The van der Waals surface area contributed by atoms with Gasteiger partial charge < -0.3 is 9.47 Å². The van der Waals surface area contributed by atoms with E-state index in [0.717, 1.165) is 5.56 Å². The Morgan fingerprint density at radius 2 is 1.86 bits per heavy atom. The largest absolute Gasteiger partial charge is 0.441 e. The highest BCUT2D eigenvalue weighted by molar-refractivity contribution is 6.00. The molecule has 2 amide bonds. The number of hydrogen-bond acceptors (Lipinski definition) is 6. The minimum absolute atomic E-state index is 0.00290. The zero-order valence-electron chi connectivity index (χ0n) is 17.6. The van der Waals surface area contributed by atoms with Crippen LogP contribution in [0, 0.1) is 22.0 Å². The summed E-state index contributed by atoms with van der Waals surface area (Å²) in [7, 11) is 1.54. The van der Waals surface area contributed by atoms with Crippen LogP contribution in [0.25, 0.3) is 0 Å². The number of carbonyl (C=O) groups is 2. The number of rotatable bonds is 7. The van der Waals surface area contributed by atoms with Crippen LogP contribution in [0.3, 0.4) is 0 Å². The van der Waals surface area contributed by atoms with E-state index in [1.54, 1.807) is 32.1 Å². The predicted octanol–water partition coefficient (Wildman–Crippen LogP) is 4.26. The molecule has 1 aromatic rings. The number of non-ortho nitro benzene ring substituents is 1. The first kappa shape index (κ1) is 22.5. The molecule has 0 unspecified atom stereocenters. The maximum absolute atomic E-state index is 12.8. The van der Waals surface area contributed by atoms with Gasteiger partial charge in [-0.2, -0.15) is 0 Å². The highest BCUT2D eigenvalue weighted by Crippen LogP contribution is 2.34. The van der Waals surface area contributed by atoms with Crippen molar-refractivity contribution in [3.8, 4) is 0 Å². The van der Waals surface area contributed by atoms with Crippen LogP contribution in [0.5, 0.6) is 0 Å². The van der Waals surface area contributed by atoms with Gasteiger partial charge in [0.05, 0.1) is 17.1 Å². The molecule has 0 spiro atoms.